The summed E-state index contributed by atoms with van der Waals surface area (Å²) < 4.78 is -0.712. The fourth-order valence-electron chi connectivity index (χ4n) is 5.30. The van der Waals surface area contributed by atoms with E-state index in [-0.39, 0.29) is 5.91 Å². The van der Waals surface area contributed by atoms with Crippen LogP contribution in [0.2, 0.25) is 0 Å². The van der Waals surface area contributed by atoms with Crippen molar-refractivity contribution >= 4 is 41.1 Å². The van der Waals surface area contributed by atoms with Gasteiger partial charge in [-0.25, -0.2) is 4.79 Å². The van der Waals surface area contributed by atoms with Gasteiger partial charge in [0.25, 0.3) is 0 Å². The topological polar surface area (TPSA) is 154 Å². The summed E-state index contributed by atoms with van der Waals surface area (Å²) in [5.74, 6) is -2.44. The number of anilines is 1. The Balaban J connectivity index is 1.34. The lowest BCUT2D eigenvalue weighted by Gasteiger charge is -2.44. The normalized spacial score (nSPS) is 26.3. The van der Waals surface area contributed by atoms with E-state index in [1.807, 2.05) is 24.3 Å². The van der Waals surface area contributed by atoms with Crippen molar-refractivity contribution in [3.63, 3.8) is 0 Å². The van der Waals surface area contributed by atoms with E-state index in [1.165, 1.54) is 16.7 Å². The van der Waals surface area contributed by atoms with Gasteiger partial charge in [-0.2, -0.15) is 0 Å². The first kappa shape index (κ1) is 25.1. The van der Waals surface area contributed by atoms with E-state index in [0.29, 0.717) is 24.2 Å². The first-order valence-electron chi connectivity index (χ1n) is 12.1. The molecule has 2 aromatic carbocycles. The fourth-order valence-corrected chi connectivity index (χ4v) is 6.93. The summed E-state index contributed by atoms with van der Waals surface area (Å²) in [6.45, 7) is 4.08. The van der Waals surface area contributed by atoms with Crippen LogP contribution in [0.15, 0.2) is 48.5 Å². The Morgan fingerprint density at radius 3 is 2.59 bits per heavy atom. The van der Waals surface area contributed by atoms with Gasteiger partial charge in [0.1, 0.15) is 23.5 Å². The monoisotopic (exact) mass is 523 g/mol. The highest BCUT2D eigenvalue weighted by Crippen LogP contribution is 2.50. The minimum Gasteiger partial charge on any atom is -0.480 e. The van der Waals surface area contributed by atoms with Gasteiger partial charge in [-0.3, -0.25) is 14.4 Å². The lowest BCUT2D eigenvalue weighted by atomic mass is 9.94. The maximum atomic E-state index is 13.5. The standard InChI is InChI=1S/C26H29N5O5S/c1-26(2)20(25(35)36)31-23(34)19(24(31)37-26)30-22(33)18(14-8-5-9-16(27)10-14)29-21(32)17-11-13-6-3-4-7-15(13)12-28-17/h3-10,17-20,24,28H,11-12,27H2,1-2H3,(H,29,32)(H,30,33)(H,35,36)/t17?,18?,19?,20-,24+/m0/s1. The third kappa shape index (κ3) is 4.53. The number of hydrogen-bond donors (Lipinski definition) is 5. The predicted molar refractivity (Wildman–Crippen MR) is 138 cm³/mol. The largest absolute Gasteiger partial charge is 0.480 e. The summed E-state index contributed by atoms with van der Waals surface area (Å²) in [7, 11) is 0. The van der Waals surface area contributed by atoms with E-state index >= 15 is 0 Å². The van der Waals surface area contributed by atoms with Crippen LogP contribution in [0, 0.1) is 0 Å². The zero-order chi connectivity index (χ0) is 26.5. The van der Waals surface area contributed by atoms with Crippen LogP contribution in [0.1, 0.15) is 36.6 Å². The number of amides is 3. The average Bonchev–Trinajstić information content (AvgIpc) is 3.13. The van der Waals surface area contributed by atoms with E-state index in [4.69, 9.17) is 5.73 Å². The number of β-lactam (4-membered cyclic amide) rings is 1. The van der Waals surface area contributed by atoms with Gasteiger partial charge in [-0.1, -0.05) is 36.4 Å². The molecule has 0 aromatic heterocycles. The molecule has 2 aromatic rings. The maximum absolute atomic E-state index is 13.5. The molecule has 3 aliphatic rings. The molecule has 5 rings (SSSR count). The van der Waals surface area contributed by atoms with Gasteiger partial charge in [-0.05, 0) is 49.1 Å². The number of carboxylic acids is 1. The average molecular weight is 524 g/mol. The Kier molecular flexibility index (Phi) is 6.36. The van der Waals surface area contributed by atoms with Crippen molar-refractivity contribution in [2.24, 2.45) is 0 Å². The second-order valence-electron chi connectivity index (χ2n) is 10.1. The molecule has 2 saturated heterocycles. The number of aliphatic carboxylic acids is 1. The Morgan fingerprint density at radius 1 is 1.16 bits per heavy atom. The molecular weight excluding hydrogens is 494 g/mol. The third-order valence-electron chi connectivity index (χ3n) is 7.16. The quantitative estimate of drug-likeness (QED) is 0.275. The molecule has 5 atom stereocenters. The number of nitrogen functional groups attached to an aromatic ring is 1. The lowest BCUT2D eigenvalue weighted by Crippen LogP contribution is -2.71. The molecule has 0 saturated carbocycles. The number of thioether (sulfide) groups is 1. The van der Waals surface area contributed by atoms with Crippen molar-refractivity contribution in [2.45, 2.75) is 61.1 Å². The number of carboxylic acid groups (broad SMARTS) is 1. The second kappa shape index (κ2) is 9.38. The Labute approximate surface area is 218 Å². The van der Waals surface area contributed by atoms with E-state index < -0.39 is 52.1 Å². The van der Waals surface area contributed by atoms with Crippen molar-refractivity contribution in [3.05, 3.63) is 65.2 Å². The van der Waals surface area contributed by atoms with E-state index in [0.717, 1.165) is 11.1 Å². The number of hydrogen-bond acceptors (Lipinski definition) is 7. The summed E-state index contributed by atoms with van der Waals surface area (Å²) >= 11 is 1.34. The van der Waals surface area contributed by atoms with Crippen molar-refractivity contribution in [3.8, 4) is 0 Å². The molecule has 0 radical (unpaired) electrons. The first-order chi connectivity index (χ1) is 17.6. The number of benzene rings is 2. The minimum atomic E-state index is -1.09. The zero-order valence-corrected chi connectivity index (χ0v) is 21.2. The number of nitrogens with one attached hydrogen (secondary N) is 3. The van der Waals surface area contributed by atoms with Gasteiger partial charge in [0, 0.05) is 17.0 Å². The Morgan fingerprint density at radius 2 is 1.89 bits per heavy atom. The van der Waals surface area contributed by atoms with Gasteiger partial charge in [0.15, 0.2) is 0 Å². The number of carbonyl (C=O) groups excluding carboxylic acids is 3. The van der Waals surface area contributed by atoms with Crippen LogP contribution in [0.25, 0.3) is 0 Å². The summed E-state index contributed by atoms with van der Waals surface area (Å²) in [6, 6.07) is 11.0. The van der Waals surface area contributed by atoms with Crippen LogP contribution in [0.5, 0.6) is 0 Å². The van der Waals surface area contributed by atoms with Gasteiger partial charge in [-0.15, -0.1) is 11.8 Å². The van der Waals surface area contributed by atoms with Crippen LogP contribution in [0.4, 0.5) is 5.69 Å². The highest BCUT2D eigenvalue weighted by atomic mass is 32.2. The summed E-state index contributed by atoms with van der Waals surface area (Å²) in [5, 5.41) is 18.0. The number of carbonyl (C=O) groups is 4. The summed E-state index contributed by atoms with van der Waals surface area (Å²) in [5.41, 5.74) is 9.06. The highest BCUT2D eigenvalue weighted by molar-refractivity contribution is 8.01. The molecule has 37 heavy (non-hydrogen) atoms. The van der Waals surface area contributed by atoms with Gasteiger partial charge in [0.2, 0.25) is 17.7 Å². The van der Waals surface area contributed by atoms with Crippen molar-refractivity contribution in [2.75, 3.05) is 5.73 Å². The van der Waals surface area contributed by atoms with Crippen molar-refractivity contribution in [1.82, 2.24) is 20.9 Å². The first-order valence-corrected chi connectivity index (χ1v) is 12.9. The number of rotatable bonds is 6. The smallest absolute Gasteiger partial charge is 0.327 e. The van der Waals surface area contributed by atoms with Gasteiger partial charge < -0.3 is 31.7 Å². The van der Waals surface area contributed by atoms with Crippen LogP contribution in [-0.2, 0) is 32.1 Å². The molecule has 0 aliphatic carbocycles. The van der Waals surface area contributed by atoms with Crippen LogP contribution >= 0.6 is 11.8 Å². The molecule has 11 heteroatoms. The van der Waals surface area contributed by atoms with Crippen LogP contribution in [-0.4, -0.2) is 61.9 Å². The lowest BCUT2D eigenvalue weighted by molar-refractivity contribution is -0.161. The fraction of sp³-hybridized carbons (Fsp3) is 0.385. The summed E-state index contributed by atoms with van der Waals surface area (Å²) in [6.07, 6.45) is 0.480. The maximum Gasteiger partial charge on any atom is 0.327 e. The van der Waals surface area contributed by atoms with Crippen LogP contribution < -0.4 is 21.7 Å². The zero-order valence-electron chi connectivity index (χ0n) is 20.4. The van der Waals surface area contributed by atoms with Gasteiger partial charge in [0.05, 0.1) is 6.04 Å². The summed E-state index contributed by atoms with van der Waals surface area (Å²) in [4.78, 5) is 52.8. The highest BCUT2D eigenvalue weighted by Gasteiger charge is 2.64. The van der Waals surface area contributed by atoms with E-state index in [2.05, 4.69) is 16.0 Å². The molecule has 3 unspecified atom stereocenters. The molecule has 3 aliphatic heterocycles. The third-order valence-corrected chi connectivity index (χ3v) is 8.73. The SMILES string of the molecule is CC1(C)S[C@@H]2C(NC(=O)C(NC(=O)C3Cc4ccccc4CN3)c3cccc(N)c3)C(=O)N2[C@H]1C(=O)O. The molecular formula is C26H29N5O5S. The minimum absolute atomic E-state index is 0.346. The Hall–Kier alpha value is -3.57. The number of fused-ring (bicyclic) bond motifs is 2. The molecule has 6 N–H and O–H groups in total. The second-order valence-corrected chi connectivity index (χ2v) is 11.9. The molecule has 3 heterocycles. The van der Waals surface area contributed by atoms with E-state index in [9.17, 15) is 24.3 Å². The number of nitrogens with zero attached hydrogens (tertiary/aromatic N) is 1. The van der Waals surface area contributed by atoms with Crippen LogP contribution in [0.3, 0.4) is 0 Å². The Bertz CT molecular complexity index is 1280. The van der Waals surface area contributed by atoms with E-state index in [1.54, 1.807) is 38.1 Å². The molecule has 3 amide bonds. The molecule has 2 fully saturated rings. The molecule has 194 valence electrons. The molecule has 10 nitrogen and oxygen atoms in total. The molecule has 0 spiro atoms. The van der Waals surface area contributed by atoms with Crippen molar-refractivity contribution < 1.29 is 24.3 Å². The number of nitrogens with two attached hydrogens (primary N) is 1. The van der Waals surface area contributed by atoms with Gasteiger partial charge >= 0.3 is 5.97 Å². The predicted octanol–water partition coefficient (Wildman–Crippen LogP) is 0.772. The molecule has 0 bridgehead atoms. The van der Waals surface area contributed by atoms with Crippen molar-refractivity contribution in [1.29, 1.82) is 0 Å².